The number of halogens is 10. The molecule has 0 rings (SSSR count). The topological polar surface area (TPSA) is 6.48 Å². The number of hydrogen-bond donors (Lipinski definition) is 0. The molecule has 0 saturated heterocycles. The molecule has 0 aromatic heterocycles. The van der Waals surface area contributed by atoms with Gasteiger partial charge in [-0.3, -0.25) is 9.13 Å². The lowest BCUT2D eigenvalue weighted by Gasteiger charge is -2.57. The minimum atomic E-state index is -3.94. The Hall–Kier alpha value is 3.90. The van der Waals surface area contributed by atoms with Crippen molar-refractivity contribution in [2.45, 2.75) is 79.6 Å². The van der Waals surface area contributed by atoms with E-state index >= 15 is 0 Å². The maximum Gasteiger partial charge on any atom is 0.358 e. The van der Waals surface area contributed by atoms with E-state index in [1.807, 2.05) is 55.4 Å². The van der Waals surface area contributed by atoms with E-state index in [0.717, 1.165) is 0 Å². The van der Waals surface area contributed by atoms with Crippen LogP contribution in [0.4, 0.5) is 0 Å². The molecular formula is C12H28Cl10N2Si5. The predicted molar refractivity (Wildman–Crippen MR) is 152 cm³/mol. The standard InChI is InChI=1S/C12H28Cl10N2Si5/c1-9(2)23(10(3)4)29(22,24(11(5)6)12(7)8)28(20,21)27(18,19)26(16,17)25(13,14)15/h9-12H,1-8H3. The summed E-state index contributed by atoms with van der Waals surface area (Å²) in [6, 6.07) is 0.0311. The fourth-order valence-corrected chi connectivity index (χ4v) is 137. The molecule has 0 aliphatic carbocycles. The minimum absolute atomic E-state index is 0.00778. The second kappa shape index (κ2) is 11.3. The Balaban J connectivity index is 7.22. The molecule has 0 radical (unpaired) electrons. The average molecular weight is 695 g/mol. The van der Waals surface area contributed by atoms with Gasteiger partial charge in [-0.25, -0.2) is 0 Å². The van der Waals surface area contributed by atoms with Crippen molar-refractivity contribution < 1.29 is 0 Å². The van der Waals surface area contributed by atoms with Crippen LogP contribution < -0.4 is 0 Å². The lowest BCUT2D eigenvalue weighted by Crippen LogP contribution is -2.87. The van der Waals surface area contributed by atoms with Crippen LogP contribution in [0.1, 0.15) is 55.4 Å². The van der Waals surface area contributed by atoms with Gasteiger partial charge >= 0.3 is 24.2 Å². The van der Waals surface area contributed by atoms with Gasteiger partial charge in [0.15, 0.2) is 0 Å². The molecule has 0 saturated carbocycles. The summed E-state index contributed by atoms with van der Waals surface area (Å²) < 4.78 is 4.29. The highest BCUT2D eigenvalue weighted by molar-refractivity contribution is 8.34. The molecule has 176 valence electrons. The van der Waals surface area contributed by atoms with Gasteiger partial charge in [0.05, 0.1) is 0 Å². The molecule has 0 heterocycles. The SMILES string of the molecule is CC(C)N(C(C)C)[Si](Cl)(N(C(C)C)C(C)C)[Si](Cl)(Cl)[Si](Cl)(Cl)[Si](Cl)(Cl)[Si](Cl)(Cl)Cl. The van der Waals surface area contributed by atoms with E-state index in [-0.39, 0.29) is 24.2 Å². The first kappa shape index (κ1) is 32.9. The second-order valence-corrected chi connectivity index (χ2v) is 72.6. The Labute approximate surface area is 227 Å². The normalized spacial score (nSPS) is 15.7. The van der Waals surface area contributed by atoms with Crippen LogP contribution in [0.15, 0.2) is 0 Å². The maximum atomic E-state index is 7.63. The fraction of sp³-hybridized carbons (Fsp3) is 1.00. The lowest BCUT2D eigenvalue weighted by molar-refractivity contribution is 0.225. The third-order valence-electron chi connectivity index (χ3n) is 4.45. The second-order valence-electron chi connectivity index (χ2n) is 8.00. The van der Waals surface area contributed by atoms with Gasteiger partial charge in [0.25, 0.3) is 5.73 Å². The van der Waals surface area contributed by atoms with Gasteiger partial charge < -0.3 is 0 Å². The third kappa shape index (κ3) is 6.19. The predicted octanol–water partition coefficient (Wildman–Crippen LogP) is 8.13. The van der Waals surface area contributed by atoms with E-state index in [0.29, 0.717) is 0 Å². The average Bonchev–Trinajstić information content (AvgIpc) is 2.43. The van der Waals surface area contributed by atoms with E-state index in [9.17, 15) is 0 Å². The Kier molecular flexibility index (Phi) is 12.8. The minimum Gasteiger partial charge on any atom is -0.296 e. The van der Waals surface area contributed by atoms with Crippen LogP contribution in [0.2, 0.25) is 0 Å². The van der Waals surface area contributed by atoms with Crippen molar-refractivity contribution >= 4 is 141 Å². The lowest BCUT2D eigenvalue weighted by atomic mass is 10.3. The molecular weight excluding hydrogens is 667 g/mol. The van der Waals surface area contributed by atoms with Crippen LogP contribution in [0.25, 0.3) is 0 Å². The number of nitrogens with zero attached hydrogens (tertiary/aromatic N) is 2. The van der Waals surface area contributed by atoms with Gasteiger partial charge in [0.2, 0.25) is 0 Å². The molecule has 0 atom stereocenters. The number of hydrogen-bond acceptors (Lipinski definition) is 2. The van der Waals surface area contributed by atoms with Crippen LogP contribution in [0, 0.1) is 0 Å². The molecule has 0 fully saturated rings. The summed E-state index contributed by atoms with van der Waals surface area (Å²) in [5.74, 6) is 0. The van der Waals surface area contributed by atoms with Gasteiger partial charge in [0.1, 0.15) is 0 Å². The van der Waals surface area contributed by atoms with Crippen LogP contribution >= 0.6 is 111 Å². The first-order chi connectivity index (χ1) is 12.5. The van der Waals surface area contributed by atoms with Crippen LogP contribution in [0.5, 0.6) is 0 Å². The number of rotatable bonds is 10. The van der Waals surface area contributed by atoms with Crippen molar-refractivity contribution in [3.05, 3.63) is 0 Å². The molecule has 0 bridgehead atoms. The summed E-state index contributed by atoms with van der Waals surface area (Å²) in [6.07, 6.45) is 0. The molecule has 2 nitrogen and oxygen atoms in total. The summed E-state index contributed by atoms with van der Waals surface area (Å²) in [5.41, 5.74) is -15.4. The third-order valence-corrected chi connectivity index (χ3v) is 119. The van der Waals surface area contributed by atoms with E-state index in [1.54, 1.807) is 0 Å². The van der Waals surface area contributed by atoms with Crippen molar-refractivity contribution in [1.29, 1.82) is 0 Å². The fourth-order valence-electron chi connectivity index (χ4n) is 3.59. The molecule has 0 aromatic carbocycles. The van der Waals surface area contributed by atoms with Gasteiger partial charge in [-0.15, -0.1) is 111 Å². The highest BCUT2D eigenvalue weighted by Gasteiger charge is 2.83. The van der Waals surface area contributed by atoms with Crippen molar-refractivity contribution in [2.75, 3.05) is 0 Å². The summed E-state index contributed by atoms with van der Waals surface area (Å²) in [5, 5.41) is 0. The zero-order chi connectivity index (χ0) is 24.0. The van der Waals surface area contributed by atoms with Crippen molar-refractivity contribution in [1.82, 2.24) is 9.13 Å². The van der Waals surface area contributed by atoms with Crippen LogP contribution in [0.3, 0.4) is 0 Å². The molecule has 0 amide bonds. The van der Waals surface area contributed by atoms with Crippen molar-refractivity contribution in [2.24, 2.45) is 0 Å². The molecule has 0 aromatic rings. The molecule has 0 aliphatic heterocycles. The smallest absolute Gasteiger partial charge is 0.296 e. The molecule has 0 N–H and O–H groups in total. The zero-order valence-corrected chi connectivity index (χ0v) is 30.0. The molecule has 0 unspecified atom stereocenters. The quantitative estimate of drug-likeness (QED) is 0.168. The Bertz CT molecular complexity index is 520. The summed E-state index contributed by atoms with van der Waals surface area (Å²) in [6.45, 7) is 16.2. The van der Waals surface area contributed by atoms with Crippen LogP contribution in [-0.4, -0.2) is 63.2 Å². The van der Waals surface area contributed by atoms with Gasteiger partial charge in [-0.1, -0.05) is 55.4 Å². The molecule has 0 aliphatic rings. The van der Waals surface area contributed by atoms with Gasteiger partial charge in [0, 0.05) is 0 Å². The molecule has 29 heavy (non-hydrogen) atoms. The summed E-state index contributed by atoms with van der Waals surface area (Å²) in [7, 11) is -3.49. The monoisotopic (exact) mass is 690 g/mol. The maximum absolute atomic E-state index is 7.63. The Morgan fingerprint density at radius 1 is 0.414 bits per heavy atom. The molecule has 17 heteroatoms. The zero-order valence-electron chi connectivity index (χ0n) is 17.5. The highest BCUT2D eigenvalue weighted by atomic mass is 35.9. The van der Waals surface area contributed by atoms with Gasteiger partial charge in [-0.2, -0.15) is 0 Å². The van der Waals surface area contributed by atoms with Gasteiger partial charge in [-0.05, 0) is 24.2 Å². The highest BCUT2D eigenvalue weighted by Crippen LogP contribution is 2.56. The molecule has 0 spiro atoms. The van der Waals surface area contributed by atoms with E-state index < -0.39 is 29.9 Å². The van der Waals surface area contributed by atoms with Crippen molar-refractivity contribution in [3.63, 3.8) is 0 Å². The summed E-state index contributed by atoms with van der Waals surface area (Å²) >= 11 is 68.2. The van der Waals surface area contributed by atoms with E-state index in [4.69, 9.17) is 111 Å². The summed E-state index contributed by atoms with van der Waals surface area (Å²) in [4.78, 5) is 0. The largest absolute Gasteiger partial charge is 0.358 e. The van der Waals surface area contributed by atoms with Crippen molar-refractivity contribution in [3.8, 4) is 0 Å². The first-order valence-corrected chi connectivity index (χ1v) is 33.0. The van der Waals surface area contributed by atoms with E-state index in [1.165, 1.54) is 0 Å². The van der Waals surface area contributed by atoms with Crippen LogP contribution in [-0.2, 0) is 0 Å². The Morgan fingerprint density at radius 2 is 0.655 bits per heavy atom. The Morgan fingerprint density at radius 3 is 0.828 bits per heavy atom. The van der Waals surface area contributed by atoms with E-state index in [2.05, 4.69) is 9.13 Å². The first-order valence-electron chi connectivity index (χ1n) is 8.99.